The zero-order chi connectivity index (χ0) is 18.8. The molecule has 1 aliphatic heterocycles. The lowest BCUT2D eigenvalue weighted by atomic mass is 10.2. The van der Waals surface area contributed by atoms with Crippen LogP contribution in [0.25, 0.3) is 0 Å². The van der Waals surface area contributed by atoms with Crippen molar-refractivity contribution in [3.05, 3.63) is 50.7 Å². The largest absolute Gasteiger partial charge is 0.378 e. The summed E-state index contributed by atoms with van der Waals surface area (Å²) in [7, 11) is 3.06. The zero-order valence-corrected chi connectivity index (χ0v) is 14.6. The van der Waals surface area contributed by atoms with Crippen LogP contribution in [0.5, 0.6) is 0 Å². The number of hydrogen-bond donors (Lipinski definition) is 1. The van der Waals surface area contributed by atoms with Crippen LogP contribution in [0.2, 0.25) is 0 Å². The fourth-order valence-corrected chi connectivity index (χ4v) is 3.10. The van der Waals surface area contributed by atoms with Crippen molar-refractivity contribution in [1.82, 2.24) is 14.1 Å². The summed E-state index contributed by atoms with van der Waals surface area (Å²) in [6.45, 7) is 1.16. The van der Waals surface area contributed by atoms with Gasteiger partial charge in [-0.2, -0.15) is 5.26 Å². The maximum Gasteiger partial charge on any atom is 0.332 e. The first-order valence-corrected chi connectivity index (χ1v) is 8.20. The molecule has 0 aliphatic carbocycles. The number of rotatable bonds is 4. The second-order valence-corrected chi connectivity index (χ2v) is 6.31. The minimum absolute atomic E-state index is 0.0546. The summed E-state index contributed by atoms with van der Waals surface area (Å²) in [5.74, 6) is 0.0638. The Kier molecular flexibility index (Phi) is 4.75. The van der Waals surface area contributed by atoms with Crippen molar-refractivity contribution >= 4 is 11.5 Å². The fraction of sp³-hybridized carbons (Fsp3) is 0.412. The van der Waals surface area contributed by atoms with Crippen LogP contribution in [0.4, 0.5) is 15.9 Å². The standard InChI is InChI=1S/C17H19FN6O2/c1-22-15(8-16(25)23(2)17(22)26)24-6-4-12(10-24)21-14-7-11(3-5-19)20-9-13(14)18/h7-9,12H,3-4,6,10H2,1-2H3,(H,20,21)/t12-/m0/s1. The molecular formula is C17H19FN6O2. The molecule has 3 rings (SSSR count). The van der Waals surface area contributed by atoms with E-state index in [2.05, 4.69) is 10.3 Å². The molecule has 0 bridgehead atoms. The van der Waals surface area contributed by atoms with E-state index in [9.17, 15) is 14.0 Å². The smallest absolute Gasteiger partial charge is 0.332 e. The van der Waals surface area contributed by atoms with Crippen LogP contribution in [0.15, 0.2) is 27.9 Å². The van der Waals surface area contributed by atoms with Crippen molar-refractivity contribution in [2.24, 2.45) is 14.1 Å². The van der Waals surface area contributed by atoms with Gasteiger partial charge < -0.3 is 10.2 Å². The highest BCUT2D eigenvalue weighted by Crippen LogP contribution is 2.22. The molecule has 0 unspecified atom stereocenters. The first-order chi connectivity index (χ1) is 12.4. The van der Waals surface area contributed by atoms with E-state index in [0.29, 0.717) is 30.3 Å². The number of anilines is 2. The van der Waals surface area contributed by atoms with E-state index < -0.39 is 5.82 Å². The van der Waals surface area contributed by atoms with Crippen molar-refractivity contribution in [3.63, 3.8) is 0 Å². The molecule has 2 aromatic rings. The van der Waals surface area contributed by atoms with E-state index in [4.69, 9.17) is 5.26 Å². The van der Waals surface area contributed by atoms with Gasteiger partial charge in [0.2, 0.25) is 0 Å². The molecule has 0 saturated carbocycles. The summed E-state index contributed by atoms with van der Waals surface area (Å²) in [5.41, 5.74) is 0.0567. The van der Waals surface area contributed by atoms with E-state index >= 15 is 0 Å². The van der Waals surface area contributed by atoms with Gasteiger partial charge in [-0.05, 0) is 12.5 Å². The van der Waals surface area contributed by atoms with Gasteiger partial charge >= 0.3 is 5.69 Å². The second kappa shape index (κ2) is 7.00. The van der Waals surface area contributed by atoms with Crippen LogP contribution in [-0.2, 0) is 20.5 Å². The Morgan fingerprint density at radius 3 is 2.85 bits per heavy atom. The summed E-state index contributed by atoms with van der Waals surface area (Å²) >= 11 is 0. The van der Waals surface area contributed by atoms with Gasteiger partial charge in [-0.15, -0.1) is 0 Å². The summed E-state index contributed by atoms with van der Waals surface area (Å²) in [4.78, 5) is 29.8. The molecule has 1 fully saturated rings. The first-order valence-electron chi connectivity index (χ1n) is 8.20. The molecule has 26 heavy (non-hydrogen) atoms. The summed E-state index contributed by atoms with van der Waals surface area (Å²) in [5, 5.41) is 11.9. The number of hydrogen-bond acceptors (Lipinski definition) is 6. The maximum atomic E-state index is 14.0. The number of nitrogens with zero attached hydrogens (tertiary/aromatic N) is 5. The molecule has 1 saturated heterocycles. The van der Waals surface area contributed by atoms with Crippen molar-refractivity contribution < 1.29 is 4.39 Å². The van der Waals surface area contributed by atoms with Crippen LogP contribution in [0.3, 0.4) is 0 Å². The average Bonchev–Trinajstić information content (AvgIpc) is 3.07. The van der Waals surface area contributed by atoms with E-state index in [-0.39, 0.29) is 23.7 Å². The number of nitrogens with one attached hydrogen (secondary N) is 1. The van der Waals surface area contributed by atoms with Gasteiger partial charge in [0, 0.05) is 39.3 Å². The molecule has 0 radical (unpaired) electrons. The van der Waals surface area contributed by atoms with E-state index in [1.54, 1.807) is 7.05 Å². The monoisotopic (exact) mass is 358 g/mol. The van der Waals surface area contributed by atoms with Crippen molar-refractivity contribution in [1.29, 1.82) is 5.26 Å². The minimum Gasteiger partial charge on any atom is -0.378 e. The number of halogens is 1. The molecule has 0 spiro atoms. The van der Waals surface area contributed by atoms with Crippen molar-refractivity contribution in [3.8, 4) is 6.07 Å². The third-order valence-corrected chi connectivity index (χ3v) is 4.54. The zero-order valence-electron chi connectivity index (χ0n) is 14.6. The summed E-state index contributed by atoms with van der Waals surface area (Å²) in [6.07, 6.45) is 1.94. The van der Waals surface area contributed by atoms with Crippen molar-refractivity contribution in [2.75, 3.05) is 23.3 Å². The second-order valence-electron chi connectivity index (χ2n) is 6.31. The average molecular weight is 358 g/mol. The van der Waals surface area contributed by atoms with Gasteiger partial charge in [0.15, 0.2) is 5.82 Å². The number of pyridine rings is 1. The Hall–Kier alpha value is -3.15. The molecule has 0 aromatic carbocycles. The SMILES string of the molecule is Cn1c(N2CC[C@H](Nc3cc(CC#N)ncc3F)C2)cc(=O)n(C)c1=O. The fourth-order valence-electron chi connectivity index (χ4n) is 3.10. The Bertz CT molecular complexity index is 990. The summed E-state index contributed by atoms with van der Waals surface area (Å²) < 4.78 is 16.5. The van der Waals surface area contributed by atoms with Gasteiger partial charge in [0.1, 0.15) is 5.82 Å². The number of aromatic nitrogens is 3. The predicted molar refractivity (Wildman–Crippen MR) is 94.7 cm³/mol. The third kappa shape index (κ3) is 3.31. The summed E-state index contributed by atoms with van der Waals surface area (Å²) in [6, 6.07) is 4.90. The van der Waals surface area contributed by atoms with Gasteiger partial charge in [-0.3, -0.25) is 18.9 Å². The lowest BCUT2D eigenvalue weighted by Crippen LogP contribution is -2.40. The van der Waals surface area contributed by atoms with Gasteiger partial charge in [-0.1, -0.05) is 0 Å². The topological polar surface area (TPSA) is 95.9 Å². The first kappa shape index (κ1) is 17.7. The highest BCUT2D eigenvalue weighted by molar-refractivity contribution is 5.48. The van der Waals surface area contributed by atoms with E-state index in [1.807, 2.05) is 11.0 Å². The lowest BCUT2D eigenvalue weighted by Gasteiger charge is -2.22. The quantitative estimate of drug-likeness (QED) is 0.849. The van der Waals surface area contributed by atoms with Gasteiger partial charge in [0.25, 0.3) is 5.56 Å². The Morgan fingerprint density at radius 1 is 1.35 bits per heavy atom. The van der Waals surface area contributed by atoms with E-state index in [0.717, 1.165) is 17.2 Å². The molecule has 1 atom stereocenters. The lowest BCUT2D eigenvalue weighted by molar-refractivity contribution is 0.618. The Balaban J connectivity index is 1.78. The van der Waals surface area contributed by atoms with Crippen LogP contribution in [0.1, 0.15) is 12.1 Å². The highest BCUT2D eigenvalue weighted by atomic mass is 19.1. The van der Waals surface area contributed by atoms with E-state index in [1.165, 1.54) is 23.7 Å². The minimum atomic E-state index is -0.480. The van der Waals surface area contributed by atoms with Crippen LogP contribution >= 0.6 is 0 Å². The van der Waals surface area contributed by atoms with Crippen LogP contribution in [-0.4, -0.2) is 33.2 Å². The molecule has 0 amide bonds. The van der Waals surface area contributed by atoms with Crippen molar-refractivity contribution in [2.45, 2.75) is 18.9 Å². The molecule has 136 valence electrons. The number of nitriles is 1. The van der Waals surface area contributed by atoms with Crippen LogP contribution < -0.4 is 21.5 Å². The Morgan fingerprint density at radius 2 is 2.12 bits per heavy atom. The van der Waals surface area contributed by atoms with Gasteiger partial charge in [-0.25, -0.2) is 9.18 Å². The van der Waals surface area contributed by atoms with Gasteiger partial charge in [0.05, 0.1) is 30.1 Å². The molecule has 9 heteroatoms. The predicted octanol–water partition coefficient (Wildman–Crippen LogP) is 0.375. The molecule has 1 N–H and O–H groups in total. The highest BCUT2D eigenvalue weighted by Gasteiger charge is 2.25. The molecule has 2 aromatic heterocycles. The normalized spacial score (nSPS) is 16.5. The molecule has 1 aliphatic rings. The molecule has 3 heterocycles. The molecule has 8 nitrogen and oxygen atoms in total. The third-order valence-electron chi connectivity index (χ3n) is 4.54. The maximum absolute atomic E-state index is 14.0. The Labute approximate surface area is 149 Å². The van der Waals surface area contributed by atoms with Crippen LogP contribution in [0, 0.1) is 17.1 Å². The molecular weight excluding hydrogens is 339 g/mol.